The molecule has 3 heterocycles. The fourth-order valence-electron chi connectivity index (χ4n) is 5.42. The van der Waals surface area contributed by atoms with Gasteiger partial charge in [-0.05, 0) is 68.1 Å². The van der Waals surface area contributed by atoms with Gasteiger partial charge in [-0.25, -0.2) is 9.07 Å². The number of rotatable bonds is 7. The Labute approximate surface area is 205 Å². The lowest BCUT2D eigenvalue weighted by Crippen LogP contribution is -2.49. The number of hydrogen-bond acceptors (Lipinski definition) is 5. The molecule has 0 bridgehead atoms. The summed E-state index contributed by atoms with van der Waals surface area (Å²) in [5.74, 6) is 1.36. The van der Waals surface area contributed by atoms with E-state index in [1.165, 1.54) is 37.8 Å². The van der Waals surface area contributed by atoms with E-state index < -0.39 is 0 Å². The van der Waals surface area contributed by atoms with E-state index in [1.54, 1.807) is 12.1 Å². The van der Waals surface area contributed by atoms with Gasteiger partial charge in [-0.1, -0.05) is 12.8 Å². The fraction of sp³-hybridized carbons (Fsp3) is 0.640. The van der Waals surface area contributed by atoms with Crippen LogP contribution in [0.5, 0.6) is 0 Å². The molecule has 0 radical (unpaired) electrons. The van der Waals surface area contributed by atoms with Crippen LogP contribution in [-0.2, 0) is 22.7 Å². The first-order chi connectivity index (χ1) is 16.6. The van der Waals surface area contributed by atoms with Crippen molar-refractivity contribution in [3.63, 3.8) is 0 Å². The Balaban J connectivity index is 1.26. The highest BCUT2D eigenvalue weighted by Gasteiger charge is 2.26. The second-order valence-corrected chi connectivity index (χ2v) is 10.2. The van der Waals surface area contributed by atoms with Gasteiger partial charge in [-0.15, -0.1) is 0 Å². The number of carbonyl (C=O) groups excluding carboxylic acids is 1. The molecular weight excluding hydrogens is 453 g/mol. The molecule has 1 aromatic carbocycles. The summed E-state index contributed by atoms with van der Waals surface area (Å²) in [5, 5.41) is 4.84. The standard InChI is InChI=1S/C25H34FN5O2S/c26-21-9-7-20(8-10-21)24-27-31(25(34)30(24)17-22-6-3-15-33-22)18-28-11-13-29(14-12-28)23(32)16-19-4-1-2-5-19/h7-10,19,22H,1-6,11-18H2. The zero-order valence-electron chi connectivity index (χ0n) is 19.7. The second-order valence-electron chi connectivity index (χ2n) is 9.85. The first-order valence-electron chi connectivity index (χ1n) is 12.6. The summed E-state index contributed by atoms with van der Waals surface area (Å²) in [7, 11) is 0. The predicted octanol–water partition coefficient (Wildman–Crippen LogP) is 4.08. The Morgan fingerprint density at radius 1 is 1.06 bits per heavy atom. The number of nitrogens with zero attached hydrogens (tertiary/aromatic N) is 5. The Kier molecular flexibility index (Phi) is 7.41. The van der Waals surface area contributed by atoms with Gasteiger partial charge in [0.15, 0.2) is 10.6 Å². The lowest BCUT2D eigenvalue weighted by Gasteiger charge is -2.35. The maximum Gasteiger partial charge on any atom is 0.222 e. The van der Waals surface area contributed by atoms with Crippen LogP contribution in [0.3, 0.4) is 0 Å². The number of benzene rings is 1. The summed E-state index contributed by atoms with van der Waals surface area (Å²) in [6, 6.07) is 6.40. The topological polar surface area (TPSA) is 55.5 Å². The van der Waals surface area contributed by atoms with Crippen molar-refractivity contribution in [2.75, 3.05) is 32.8 Å². The normalized spacial score (nSPS) is 22.0. The van der Waals surface area contributed by atoms with Crippen LogP contribution in [0.4, 0.5) is 4.39 Å². The van der Waals surface area contributed by atoms with E-state index in [0.29, 0.717) is 36.2 Å². The van der Waals surface area contributed by atoms with Gasteiger partial charge in [0.25, 0.3) is 0 Å². The first kappa shape index (κ1) is 23.6. The van der Waals surface area contributed by atoms with Crippen molar-refractivity contribution in [3.05, 3.63) is 34.9 Å². The van der Waals surface area contributed by atoms with Crippen LogP contribution >= 0.6 is 12.2 Å². The van der Waals surface area contributed by atoms with Gasteiger partial charge < -0.3 is 9.64 Å². The van der Waals surface area contributed by atoms with E-state index in [9.17, 15) is 9.18 Å². The molecular formula is C25H34FN5O2S. The number of halogens is 1. The van der Waals surface area contributed by atoms with Gasteiger partial charge in [0.05, 0.1) is 19.3 Å². The summed E-state index contributed by atoms with van der Waals surface area (Å²) in [6.45, 7) is 5.12. The van der Waals surface area contributed by atoms with E-state index in [4.69, 9.17) is 22.1 Å². The highest BCUT2D eigenvalue weighted by molar-refractivity contribution is 7.71. The highest BCUT2D eigenvalue weighted by atomic mass is 32.1. The SMILES string of the molecule is O=C(CC1CCCC1)N1CCN(Cn2nc(-c3ccc(F)cc3)n(CC3CCCO3)c2=S)CC1. The minimum atomic E-state index is -0.271. The fourth-order valence-corrected chi connectivity index (χ4v) is 5.68. The molecule has 2 aromatic rings. The smallest absolute Gasteiger partial charge is 0.222 e. The van der Waals surface area contributed by atoms with Crippen molar-refractivity contribution in [2.45, 2.75) is 64.3 Å². The van der Waals surface area contributed by atoms with Crippen molar-refractivity contribution < 1.29 is 13.9 Å². The third kappa shape index (κ3) is 5.42. The van der Waals surface area contributed by atoms with Crippen LogP contribution in [0.15, 0.2) is 24.3 Å². The quantitative estimate of drug-likeness (QED) is 0.551. The minimum Gasteiger partial charge on any atom is -0.376 e. The minimum absolute atomic E-state index is 0.123. The average Bonchev–Trinajstić information content (AvgIpc) is 3.60. The summed E-state index contributed by atoms with van der Waals surface area (Å²) in [4.78, 5) is 17.0. The first-order valence-corrected chi connectivity index (χ1v) is 13.0. The van der Waals surface area contributed by atoms with E-state index in [0.717, 1.165) is 57.0 Å². The Bertz CT molecular complexity index is 1030. The van der Waals surface area contributed by atoms with Gasteiger partial charge >= 0.3 is 0 Å². The average molecular weight is 488 g/mol. The molecule has 2 saturated heterocycles. The molecule has 1 aromatic heterocycles. The zero-order chi connectivity index (χ0) is 23.5. The van der Waals surface area contributed by atoms with Crippen molar-refractivity contribution in [2.24, 2.45) is 5.92 Å². The third-order valence-corrected chi connectivity index (χ3v) is 7.86. The molecule has 1 amide bonds. The molecule has 5 rings (SSSR count). The number of amides is 1. The molecule has 3 aliphatic rings. The lowest BCUT2D eigenvalue weighted by atomic mass is 10.0. The molecule has 0 spiro atoms. The molecule has 1 atom stereocenters. The summed E-state index contributed by atoms with van der Waals surface area (Å²) in [6.07, 6.45) is 7.84. The van der Waals surface area contributed by atoms with Crippen LogP contribution in [-0.4, -0.2) is 68.9 Å². The highest BCUT2D eigenvalue weighted by Crippen LogP contribution is 2.28. The van der Waals surface area contributed by atoms with E-state index in [-0.39, 0.29) is 11.9 Å². The van der Waals surface area contributed by atoms with Crippen molar-refractivity contribution in [3.8, 4) is 11.4 Å². The lowest BCUT2D eigenvalue weighted by molar-refractivity contribution is -0.134. The third-order valence-electron chi connectivity index (χ3n) is 7.43. The molecule has 2 aliphatic heterocycles. The van der Waals surface area contributed by atoms with Crippen LogP contribution in [0, 0.1) is 16.5 Å². The number of ether oxygens (including phenoxy) is 1. The van der Waals surface area contributed by atoms with Gasteiger partial charge in [-0.3, -0.25) is 14.3 Å². The molecule has 3 fully saturated rings. The molecule has 184 valence electrons. The summed E-state index contributed by atoms with van der Waals surface area (Å²) in [5.41, 5.74) is 0.839. The van der Waals surface area contributed by atoms with Crippen LogP contribution in [0.1, 0.15) is 44.9 Å². The molecule has 1 saturated carbocycles. The second kappa shape index (κ2) is 10.7. The summed E-state index contributed by atoms with van der Waals surface area (Å²) >= 11 is 5.83. The largest absolute Gasteiger partial charge is 0.376 e. The number of piperazine rings is 1. The number of aromatic nitrogens is 3. The van der Waals surface area contributed by atoms with Crippen molar-refractivity contribution >= 4 is 18.1 Å². The molecule has 34 heavy (non-hydrogen) atoms. The van der Waals surface area contributed by atoms with Gasteiger partial charge in [0.2, 0.25) is 5.91 Å². The van der Waals surface area contributed by atoms with E-state index >= 15 is 0 Å². The molecule has 0 N–H and O–H groups in total. The predicted molar refractivity (Wildman–Crippen MR) is 130 cm³/mol. The maximum absolute atomic E-state index is 13.5. The molecule has 1 unspecified atom stereocenters. The van der Waals surface area contributed by atoms with Gasteiger partial charge in [0, 0.05) is 44.8 Å². The summed E-state index contributed by atoms with van der Waals surface area (Å²) < 4.78 is 23.9. The number of carbonyl (C=O) groups is 1. The van der Waals surface area contributed by atoms with E-state index in [1.807, 2.05) is 14.1 Å². The molecule has 9 heteroatoms. The Morgan fingerprint density at radius 2 is 1.79 bits per heavy atom. The van der Waals surface area contributed by atoms with Crippen LogP contribution < -0.4 is 0 Å². The molecule has 1 aliphatic carbocycles. The Morgan fingerprint density at radius 3 is 2.47 bits per heavy atom. The van der Waals surface area contributed by atoms with Crippen LogP contribution in [0.25, 0.3) is 11.4 Å². The monoisotopic (exact) mass is 487 g/mol. The Hall–Kier alpha value is -2.10. The van der Waals surface area contributed by atoms with E-state index in [2.05, 4.69) is 4.90 Å². The van der Waals surface area contributed by atoms with Crippen molar-refractivity contribution in [1.29, 1.82) is 0 Å². The maximum atomic E-state index is 13.5. The number of hydrogen-bond donors (Lipinski definition) is 0. The van der Waals surface area contributed by atoms with Crippen molar-refractivity contribution in [1.82, 2.24) is 24.1 Å². The van der Waals surface area contributed by atoms with Gasteiger partial charge in [-0.2, -0.15) is 5.10 Å². The zero-order valence-corrected chi connectivity index (χ0v) is 20.5. The van der Waals surface area contributed by atoms with Gasteiger partial charge in [0.1, 0.15) is 5.82 Å². The van der Waals surface area contributed by atoms with Crippen LogP contribution in [0.2, 0.25) is 0 Å². The molecule has 7 nitrogen and oxygen atoms in total.